The van der Waals surface area contributed by atoms with Gasteiger partial charge in [-0.25, -0.2) is 14.5 Å². The van der Waals surface area contributed by atoms with Crippen LogP contribution in [0, 0.1) is 13.8 Å². The Kier molecular flexibility index (Phi) is 6.01. The Morgan fingerprint density at radius 2 is 1.85 bits per heavy atom. The highest BCUT2D eigenvalue weighted by Crippen LogP contribution is 2.17. The third kappa shape index (κ3) is 4.92. The zero-order valence-corrected chi connectivity index (χ0v) is 15.8. The monoisotopic (exact) mass is 369 g/mol. The summed E-state index contributed by atoms with van der Waals surface area (Å²) in [6.07, 6.45) is 1.52. The molecule has 0 radical (unpaired) electrons. The molecule has 0 saturated carbocycles. The first-order valence-electron chi connectivity index (χ1n) is 8.65. The molecule has 3 aromatic rings. The Morgan fingerprint density at radius 1 is 1.12 bits per heavy atom. The van der Waals surface area contributed by atoms with Gasteiger partial charge in [0.1, 0.15) is 0 Å². The van der Waals surface area contributed by atoms with Gasteiger partial charge in [-0.15, -0.1) is 11.3 Å². The first-order valence-corrected chi connectivity index (χ1v) is 9.53. The molecule has 0 saturated heterocycles. The molecule has 0 aliphatic carbocycles. The highest BCUT2D eigenvalue weighted by molar-refractivity contribution is 7.12. The van der Waals surface area contributed by atoms with Crippen LogP contribution in [0.5, 0.6) is 0 Å². The summed E-state index contributed by atoms with van der Waals surface area (Å²) in [4.78, 5) is 16.4. The second kappa shape index (κ2) is 8.62. The third-order valence-electron chi connectivity index (χ3n) is 3.94. The number of hydrogen-bond donors (Lipinski definition) is 2. The lowest BCUT2D eigenvalue weighted by molar-refractivity contribution is 0.241. The number of thiazole rings is 1. The van der Waals surface area contributed by atoms with Crippen LogP contribution in [0.4, 0.5) is 4.79 Å². The normalized spacial score (nSPS) is 10.7. The molecular weight excluding hydrogens is 346 g/mol. The minimum Gasteiger partial charge on any atom is -0.338 e. The summed E-state index contributed by atoms with van der Waals surface area (Å²) in [7, 11) is 0. The molecule has 6 nitrogen and oxygen atoms in total. The number of amides is 2. The number of benzene rings is 1. The van der Waals surface area contributed by atoms with Gasteiger partial charge in [0.15, 0.2) is 0 Å². The average Bonchev–Trinajstić information content (AvgIpc) is 3.22. The molecule has 0 unspecified atom stereocenters. The molecule has 2 heterocycles. The van der Waals surface area contributed by atoms with E-state index in [2.05, 4.69) is 32.8 Å². The Morgan fingerprint density at radius 3 is 2.54 bits per heavy atom. The van der Waals surface area contributed by atoms with Gasteiger partial charge in [-0.05, 0) is 31.9 Å². The van der Waals surface area contributed by atoms with Crippen LogP contribution >= 0.6 is 11.3 Å². The van der Waals surface area contributed by atoms with Crippen molar-refractivity contribution in [1.29, 1.82) is 0 Å². The lowest BCUT2D eigenvalue weighted by atomic mass is 10.1. The van der Waals surface area contributed by atoms with Crippen molar-refractivity contribution in [2.45, 2.75) is 26.7 Å². The minimum atomic E-state index is -0.144. The standard InChI is InChI=1S/C19H23N5OS/c1-14-12-15(2)24(23-14)19-22-17(13-26-19)9-11-21-18(25)20-10-8-16-6-4-3-5-7-16/h3-7,12-13H,8-11H2,1-2H3,(H2,20,21,25). The molecule has 1 aromatic carbocycles. The summed E-state index contributed by atoms with van der Waals surface area (Å²) in [6, 6.07) is 12.0. The summed E-state index contributed by atoms with van der Waals surface area (Å²) < 4.78 is 1.85. The number of nitrogens with one attached hydrogen (secondary N) is 2. The molecule has 26 heavy (non-hydrogen) atoms. The summed E-state index contributed by atoms with van der Waals surface area (Å²) in [6.45, 7) is 5.16. The van der Waals surface area contributed by atoms with Gasteiger partial charge in [0.05, 0.1) is 11.4 Å². The lowest BCUT2D eigenvalue weighted by Gasteiger charge is -2.07. The van der Waals surface area contributed by atoms with E-state index >= 15 is 0 Å². The van der Waals surface area contributed by atoms with E-state index in [0.29, 0.717) is 19.5 Å². The van der Waals surface area contributed by atoms with Gasteiger partial charge in [0, 0.05) is 30.6 Å². The molecule has 0 bridgehead atoms. The van der Waals surface area contributed by atoms with Gasteiger partial charge in [-0.2, -0.15) is 5.10 Å². The summed E-state index contributed by atoms with van der Waals surface area (Å²) in [5.41, 5.74) is 4.22. The molecule has 0 fully saturated rings. The highest BCUT2D eigenvalue weighted by atomic mass is 32.1. The molecule has 0 atom stereocenters. The highest BCUT2D eigenvalue weighted by Gasteiger charge is 2.09. The maximum Gasteiger partial charge on any atom is 0.314 e. The Labute approximate surface area is 157 Å². The fourth-order valence-electron chi connectivity index (χ4n) is 2.66. The fourth-order valence-corrected chi connectivity index (χ4v) is 3.53. The van der Waals surface area contributed by atoms with Gasteiger partial charge in [0.2, 0.25) is 5.13 Å². The summed E-state index contributed by atoms with van der Waals surface area (Å²) >= 11 is 1.56. The van der Waals surface area contributed by atoms with Gasteiger partial charge in [-0.1, -0.05) is 30.3 Å². The average molecular weight is 369 g/mol. The summed E-state index contributed by atoms with van der Waals surface area (Å²) in [5.74, 6) is 0. The predicted molar refractivity (Wildman–Crippen MR) is 104 cm³/mol. The number of aryl methyl sites for hydroxylation is 2. The number of nitrogens with zero attached hydrogens (tertiary/aromatic N) is 3. The minimum absolute atomic E-state index is 0.144. The fraction of sp³-hybridized carbons (Fsp3) is 0.316. The number of urea groups is 1. The maximum atomic E-state index is 11.8. The topological polar surface area (TPSA) is 71.8 Å². The van der Waals surface area contributed by atoms with Crippen LogP contribution in [0.1, 0.15) is 22.6 Å². The van der Waals surface area contributed by atoms with E-state index in [1.54, 1.807) is 11.3 Å². The van der Waals surface area contributed by atoms with E-state index in [1.165, 1.54) is 5.56 Å². The van der Waals surface area contributed by atoms with Crippen LogP contribution < -0.4 is 10.6 Å². The van der Waals surface area contributed by atoms with Gasteiger partial charge < -0.3 is 10.6 Å². The van der Waals surface area contributed by atoms with Gasteiger partial charge in [0.25, 0.3) is 0 Å². The molecule has 0 aliphatic rings. The first-order chi connectivity index (χ1) is 12.6. The van der Waals surface area contributed by atoms with E-state index in [9.17, 15) is 4.79 Å². The zero-order valence-electron chi connectivity index (χ0n) is 15.0. The molecule has 0 spiro atoms. The quantitative estimate of drug-likeness (QED) is 0.672. The number of rotatable bonds is 7. The number of carbonyl (C=O) groups is 1. The van der Waals surface area contributed by atoms with Gasteiger partial charge in [-0.3, -0.25) is 0 Å². The molecule has 0 aliphatic heterocycles. The first kappa shape index (κ1) is 18.1. The number of carbonyl (C=O) groups excluding carboxylic acids is 1. The molecule has 2 amide bonds. The molecule has 136 valence electrons. The third-order valence-corrected chi connectivity index (χ3v) is 4.80. The van der Waals surface area contributed by atoms with Crippen LogP contribution in [0.15, 0.2) is 41.8 Å². The summed E-state index contributed by atoms with van der Waals surface area (Å²) in [5, 5.41) is 13.1. The van der Waals surface area contributed by atoms with E-state index < -0.39 is 0 Å². The lowest BCUT2D eigenvalue weighted by Crippen LogP contribution is -2.37. The molecule has 3 rings (SSSR count). The molecule has 2 aromatic heterocycles. The van der Waals surface area contributed by atoms with Crippen molar-refractivity contribution in [2.24, 2.45) is 0 Å². The van der Waals surface area contributed by atoms with Crippen molar-refractivity contribution >= 4 is 17.4 Å². The Balaban J connectivity index is 1.39. The zero-order chi connectivity index (χ0) is 18.4. The smallest absolute Gasteiger partial charge is 0.314 e. The number of hydrogen-bond acceptors (Lipinski definition) is 4. The Hall–Kier alpha value is -2.67. The maximum absolute atomic E-state index is 11.8. The largest absolute Gasteiger partial charge is 0.338 e. The van der Waals surface area contributed by atoms with Crippen LogP contribution in [0.3, 0.4) is 0 Å². The second-order valence-electron chi connectivity index (χ2n) is 6.13. The Bertz CT molecular complexity index is 856. The van der Waals surface area contributed by atoms with Crippen molar-refractivity contribution in [3.63, 3.8) is 0 Å². The second-order valence-corrected chi connectivity index (χ2v) is 6.97. The van der Waals surface area contributed by atoms with Crippen molar-refractivity contribution in [1.82, 2.24) is 25.4 Å². The van der Waals surface area contributed by atoms with Crippen molar-refractivity contribution in [2.75, 3.05) is 13.1 Å². The number of aromatic nitrogens is 3. The van der Waals surface area contributed by atoms with Crippen LogP contribution in [-0.4, -0.2) is 33.9 Å². The van der Waals surface area contributed by atoms with E-state index in [-0.39, 0.29) is 6.03 Å². The van der Waals surface area contributed by atoms with Crippen molar-refractivity contribution in [3.8, 4) is 5.13 Å². The van der Waals surface area contributed by atoms with E-state index in [0.717, 1.165) is 28.6 Å². The SMILES string of the molecule is Cc1cc(C)n(-c2nc(CCNC(=O)NCCc3ccccc3)cs2)n1. The van der Waals surface area contributed by atoms with E-state index in [1.807, 2.05) is 48.2 Å². The predicted octanol–water partition coefficient (Wildman–Crippen LogP) is 3.03. The van der Waals surface area contributed by atoms with Crippen LogP contribution in [0.25, 0.3) is 5.13 Å². The van der Waals surface area contributed by atoms with E-state index in [4.69, 9.17) is 0 Å². The molecular formula is C19H23N5OS. The van der Waals surface area contributed by atoms with Crippen molar-refractivity contribution in [3.05, 3.63) is 64.4 Å². The van der Waals surface area contributed by atoms with Gasteiger partial charge >= 0.3 is 6.03 Å². The molecule has 7 heteroatoms. The van der Waals surface area contributed by atoms with Crippen molar-refractivity contribution < 1.29 is 4.79 Å². The van der Waals surface area contributed by atoms with Crippen LogP contribution in [0.2, 0.25) is 0 Å². The van der Waals surface area contributed by atoms with Crippen LogP contribution in [-0.2, 0) is 12.8 Å². The molecule has 2 N–H and O–H groups in total.